The van der Waals surface area contributed by atoms with Gasteiger partial charge in [-0.05, 0) is 67.6 Å². The maximum absolute atomic E-state index is 9.39. The standard InChI is InChI=1S/C13H22O/c1-9(8-14)13-5-10-2-11(6-13)4-12(3-10)7-13/h9-12,14H,2-8H2,1H3. The predicted molar refractivity (Wildman–Crippen MR) is 56.9 cm³/mol. The highest BCUT2D eigenvalue weighted by Gasteiger charge is 2.52. The van der Waals surface area contributed by atoms with Crippen LogP contribution in [-0.2, 0) is 0 Å². The van der Waals surface area contributed by atoms with Crippen molar-refractivity contribution in [2.45, 2.75) is 45.4 Å². The molecule has 1 unspecified atom stereocenters. The van der Waals surface area contributed by atoms with Crippen molar-refractivity contribution >= 4 is 0 Å². The molecule has 0 spiro atoms. The Morgan fingerprint density at radius 2 is 1.50 bits per heavy atom. The van der Waals surface area contributed by atoms with Gasteiger partial charge in [-0.3, -0.25) is 0 Å². The van der Waals surface area contributed by atoms with Gasteiger partial charge in [0.05, 0.1) is 0 Å². The van der Waals surface area contributed by atoms with Crippen molar-refractivity contribution in [3.63, 3.8) is 0 Å². The van der Waals surface area contributed by atoms with E-state index < -0.39 is 0 Å². The molecular weight excluding hydrogens is 172 g/mol. The van der Waals surface area contributed by atoms with Crippen molar-refractivity contribution in [2.75, 3.05) is 6.61 Å². The molecule has 0 aliphatic heterocycles. The first-order chi connectivity index (χ1) is 6.72. The van der Waals surface area contributed by atoms with Gasteiger partial charge in [0.1, 0.15) is 0 Å². The average Bonchev–Trinajstić information content (AvgIpc) is 2.14. The summed E-state index contributed by atoms with van der Waals surface area (Å²) in [7, 11) is 0. The van der Waals surface area contributed by atoms with Crippen LogP contribution in [-0.4, -0.2) is 11.7 Å². The fourth-order valence-electron chi connectivity index (χ4n) is 4.97. The lowest BCUT2D eigenvalue weighted by atomic mass is 9.47. The largest absolute Gasteiger partial charge is 0.396 e. The van der Waals surface area contributed by atoms with E-state index in [0.717, 1.165) is 17.8 Å². The third kappa shape index (κ3) is 1.18. The molecule has 1 nitrogen and oxygen atoms in total. The molecule has 4 saturated carbocycles. The molecule has 0 heterocycles. The maximum atomic E-state index is 9.39. The lowest BCUT2D eigenvalue weighted by Gasteiger charge is -2.59. The Balaban J connectivity index is 1.87. The van der Waals surface area contributed by atoms with Crippen LogP contribution in [0.4, 0.5) is 0 Å². The summed E-state index contributed by atoms with van der Waals surface area (Å²) in [5.41, 5.74) is 0.559. The summed E-state index contributed by atoms with van der Waals surface area (Å²) in [6.45, 7) is 2.68. The molecule has 0 radical (unpaired) electrons. The number of hydrogen-bond acceptors (Lipinski definition) is 1. The van der Waals surface area contributed by atoms with Crippen LogP contribution in [0.15, 0.2) is 0 Å². The first kappa shape index (κ1) is 9.21. The molecule has 0 aromatic rings. The zero-order valence-corrected chi connectivity index (χ0v) is 9.21. The molecule has 0 amide bonds. The molecule has 4 aliphatic carbocycles. The molecule has 4 fully saturated rings. The van der Waals surface area contributed by atoms with Crippen LogP contribution in [0.5, 0.6) is 0 Å². The second-order valence-corrected chi connectivity index (χ2v) is 6.36. The van der Waals surface area contributed by atoms with Crippen molar-refractivity contribution in [1.29, 1.82) is 0 Å². The number of rotatable bonds is 2. The van der Waals surface area contributed by atoms with Crippen molar-refractivity contribution < 1.29 is 5.11 Å². The molecule has 0 aromatic heterocycles. The van der Waals surface area contributed by atoms with Crippen LogP contribution in [0.25, 0.3) is 0 Å². The summed E-state index contributed by atoms with van der Waals surface area (Å²) in [4.78, 5) is 0. The molecule has 14 heavy (non-hydrogen) atoms. The predicted octanol–water partition coefficient (Wildman–Crippen LogP) is 2.83. The molecule has 4 bridgehead atoms. The van der Waals surface area contributed by atoms with E-state index >= 15 is 0 Å². The van der Waals surface area contributed by atoms with E-state index in [4.69, 9.17) is 0 Å². The van der Waals surface area contributed by atoms with Crippen LogP contribution < -0.4 is 0 Å². The zero-order valence-electron chi connectivity index (χ0n) is 9.21. The molecule has 0 aromatic carbocycles. The topological polar surface area (TPSA) is 20.2 Å². The SMILES string of the molecule is CC(CO)C12CC3CC(CC(C3)C1)C2. The normalized spacial score (nSPS) is 52.3. The summed E-state index contributed by atoms with van der Waals surface area (Å²) in [5.74, 6) is 3.62. The number of hydrogen-bond donors (Lipinski definition) is 1. The molecule has 1 N–H and O–H groups in total. The molecule has 0 saturated heterocycles. The first-order valence-electron chi connectivity index (χ1n) is 6.33. The molecule has 80 valence electrons. The Hall–Kier alpha value is -0.0400. The zero-order chi connectivity index (χ0) is 9.76. The monoisotopic (exact) mass is 194 g/mol. The number of aliphatic hydroxyl groups is 1. The number of aliphatic hydroxyl groups excluding tert-OH is 1. The van der Waals surface area contributed by atoms with Crippen LogP contribution in [0.2, 0.25) is 0 Å². The van der Waals surface area contributed by atoms with Gasteiger partial charge in [-0.2, -0.15) is 0 Å². The first-order valence-corrected chi connectivity index (χ1v) is 6.33. The molecular formula is C13H22O. The highest BCUT2D eigenvalue weighted by Crippen LogP contribution is 2.62. The summed E-state index contributed by atoms with van der Waals surface area (Å²) in [6, 6.07) is 0. The van der Waals surface area contributed by atoms with Crippen LogP contribution in [0.3, 0.4) is 0 Å². The minimum absolute atomic E-state index is 0.409. The van der Waals surface area contributed by atoms with Crippen LogP contribution >= 0.6 is 0 Å². The van der Waals surface area contributed by atoms with Gasteiger partial charge in [-0.1, -0.05) is 6.92 Å². The lowest BCUT2D eigenvalue weighted by Crippen LogP contribution is -2.49. The van der Waals surface area contributed by atoms with Crippen molar-refractivity contribution in [3.05, 3.63) is 0 Å². The fraction of sp³-hybridized carbons (Fsp3) is 1.00. The van der Waals surface area contributed by atoms with E-state index in [-0.39, 0.29) is 0 Å². The summed E-state index contributed by atoms with van der Waals surface area (Å²) in [6.07, 6.45) is 8.83. The molecule has 1 heteroatoms. The van der Waals surface area contributed by atoms with Gasteiger partial charge in [0, 0.05) is 6.61 Å². The Bertz CT molecular complexity index is 198. The molecule has 1 atom stereocenters. The summed E-state index contributed by atoms with van der Waals surface area (Å²) in [5, 5.41) is 9.39. The second-order valence-electron chi connectivity index (χ2n) is 6.36. The Labute approximate surface area is 86.9 Å². The quantitative estimate of drug-likeness (QED) is 0.716. The van der Waals surface area contributed by atoms with Gasteiger partial charge in [0.25, 0.3) is 0 Å². The Kier molecular flexibility index (Phi) is 1.96. The smallest absolute Gasteiger partial charge is 0.0461 e. The average molecular weight is 194 g/mol. The highest BCUT2D eigenvalue weighted by atomic mass is 16.3. The van der Waals surface area contributed by atoms with Crippen molar-refractivity contribution in [3.8, 4) is 0 Å². The summed E-state index contributed by atoms with van der Waals surface area (Å²) < 4.78 is 0. The van der Waals surface area contributed by atoms with Gasteiger partial charge in [-0.25, -0.2) is 0 Å². The third-order valence-electron chi connectivity index (χ3n) is 5.40. The van der Waals surface area contributed by atoms with Crippen molar-refractivity contribution in [1.82, 2.24) is 0 Å². The van der Waals surface area contributed by atoms with Crippen molar-refractivity contribution in [2.24, 2.45) is 29.1 Å². The summed E-state index contributed by atoms with van der Waals surface area (Å²) >= 11 is 0. The minimum Gasteiger partial charge on any atom is -0.396 e. The van der Waals surface area contributed by atoms with Gasteiger partial charge in [0.2, 0.25) is 0 Å². The van der Waals surface area contributed by atoms with Gasteiger partial charge in [0.15, 0.2) is 0 Å². The Morgan fingerprint density at radius 3 is 1.86 bits per heavy atom. The van der Waals surface area contributed by atoms with Crippen LogP contribution in [0, 0.1) is 29.1 Å². The van der Waals surface area contributed by atoms with E-state index in [9.17, 15) is 5.11 Å². The molecule has 4 rings (SSSR count). The van der Waals surface area contributed by atoms with Gasteiger partial charge in [-0.15, -0.1) is 0 Å². The second kappa shape index (κ2) is 2.98. The van der Waals surface area contributed by atoms with Gasteiger partial charge >= 0.3 is 0 Å². The van der Waals surface area contributed by atoms with E-state index in [0.29, 0.717) is 17.9 Å². The Morgan fingerprint density at radius 1 is 1.07 bits per heavy atom. The minimum atomic E-state index is 0.409. The van der Waals surface area contributed by atoms with E-state index in [1.807, 2.05) is 0 Å². The van der Waals surface area contributed by atoms with E-state index in [2.05, 4.69) is 6.92 Å². The van der Waals surface area contributed by atoms with Gasteiger partial charge < -0.3 is 5.11 Å². The fourth-order valence-corrected chi connectivity index (χ4v) is 4.97. The van der Waals surface area contributed by atoms with E-state index in [1.54, 1.807) is 0 Å². The highest BCUT2D eigenvalue weighted by molar-refractivity contribution is 5.03. The van der Waals surface area contributed by atoms with Crippen LogP contribution in [0.1, 0.15) is 45.4 Å². The van der Waals surface area contributed by atoms with E-state index in [1.165, 1.54) is 38.5 Å². The maximum Gasteiger partial charge on any atom is 0.0461 e. The molecule has 4 aliphatic rings. The third-order valence-corrected chi connectivity index (χ3v) is 5.40. The lowest BCUT2D eigenvalue weighted by molar-refractivity contribution is -0.0930.